The van der Waals surface area contributed by atoms with E-state index in [-0.39, 0.29) is 11.8 Å². The molecule has 0 spiro atoms. The summed E-state index contributed by atoms with van der Waals surface area (Å²) in [5, 5.41) is 2.87. The summed E-state index contributed by atoms with van der Waals surface area (Å²) in [6.07, 6.45) is 2.96. The van der Waals surface area contributed by atoms with Crippen molar-refractivity contribution in [2.75, 3.05) is 25.9 Å². The van der Waals surface area contributed by atoms with E-state index in [9.17, 15) is 8.42 Å². The van der Waals surface area contributed by atoms with Crippen LogP contribution in [0.5, 0.6) is 0 Å². The van der Waals surface area contributed by atoms with Crippen LogP contribution in [0.25, 0.3) is 0 Å². The van der Waals surface area contributed by atoms with Crippen LogP contribution in [0, 0.1) is 0 Å². The van der Waals surface area contributed by atoms with Crippen LogP contribution in [0.4, 0.5) is 0 Å². The van der Waals surface area contributed by atoms with Gasteiger partial charge in [-0.15, -0.1) is 0 Å². The van der Waals surface area contributed by atoms with E-state index in [1.807, 2.05) is 0 Å². The first-order valence-electron chi connectivity index (χ1n) is 5.26. The van der Waals surface area contributed by atoms with E-state index in [1.54, 1.807) is 11.4 Å². The molecule has 0 aromatic carbocycles. The fraction of sp³-hybridized carbons (Fsp3) is 1.00. The molecule has 0 aliphatic carbocycles. The molecule has 14 heavy (non-hydrogen) atoms. The monoisotopic (exact) mass is 220 g/mol. The largest absolute Gasteiger partial charge is 0.319 e. The first kappa shape index (κ1) is 11.9. The Kier molecular flexibility index (Phi) is 4.34. The lowest BCUT2D eigenvalue weighted by Crippen LogP contribution is -2.38. The molecule has 1 heterocycles. The SMILES string of the molecule is CCC1CCCN1S(=O)(=O)CCNC. The van der Waals surface area contributed by atoms with Crippen molar-refractivity contribution in [3.8, 4) is 0 Å². The third-order valence-electron chi connectivity index (χ3n) is 2.76. The molecule has 5 heteroatoms. The van der Waals surface area contributed by atoms with Gasteiger partial charge in [-0.25, -0.2) is 8.42 Å². The van der Waals surface area contributed by atoms with Gasteiger partial charge in [-0.05, 0) is 26.3 Å². The van der Waals surface area contributed by atoms with Crippen LogP contribution in [0.1, 0.15) is 26.2 Å². The first-order chi connectivity index (χ1) is 6.61. The fourth-order valence-electron chi connectivity index (χ4n) is 1.93. The summed E-state index contributed by atoms with van der Waals surface area (Å²) in [4.78, 5) is 0. The molecular weight excluding hydrogens is 200 g/mol. The summed E-state index contributed by atoms with van der Waals surface area (Å²) in [6, 6.07) is 0.247. The maximum atomic E-state index is 11.8. The van der Waals surface area contributed by atoms with Crippen molar-refractivity contribution in [2.45, 2.75) is 32.2 Å². The van der Waals surface area contributed by atoms with Gasteiger partial charge in [-0.2, -0.15) is 4.31 Å². The second kappa shape index (κ2) is 5.09. The number of nitrogens with zero attached hydrogens (tertiary/aromatic N) is 1. The number of nitrogens with one attached hydrogen (secondary N) is 1. The molecule has 0 saturated carbocycles. The number of hydrogen-bond acceptors (Lipinski definition) is 3. The maximum Gasteiger partial charge on any atom is 0.215 e. The third-order valence-corrected chi connectivity index (χ3v) is 4.68. The normalized spacial score (nSPS) is 24.3. The van der Waals surface area contributed by atoms with Crippen LogP contribution in [-0.2, 0) is 10.0 Å². The highest BCUT2D eigenvalue weighted by molar-refractivity contribution is 7.89. The molecule has 4 nitrogen and oxygen atoms in total. The summed E-state index contributed by atoms with van der Waals surface area (Å²) in [5.74, 6) is 0.222. The molecule has 1 N–H and O–H groups in total. The van der Waals surface area contributed by atoms with Gasteiger partial charge in [-0.1, -0.05) is 6.92 Å². The summed E-state index contributed by atoms with van der Waals surface area (Å²) >= 11 is 0. The van der Waals surface area contributed by atoms with Crippen molar-refractivity contribution in [1.82, 2.24) is 9.62 Å². The molecule has 0 aromatic rings. The summed E-state index contributed by atoms with van der Waals surface area (Å²) in [6.45, 7) is 3.30. The minimum Gasteiger partial charge on any atom is -0.319 e. The van der Waals surface area contributed by atoms with Gasteiger partial charge >= 0.3 is 0 Å². The minimum atomic E-state index is -3.01. The zero-order valence-electron chi connectivity index (χ0n) is 8.99. The van der Waals surface area contributed by atoms with Gasteiger partial charge < -0.3 is 5.32 Å². The lowest BCUT2D eigenvalue weighted by atomic mass is 10.2. The summed E-state index contributed by atoms with van der Waals surface area (Å²) < 4.78 is 25.4. The first-order valence-corrected chi connectivity index (χ1v) is 6.87. The van der Waals surface area contributed by atoms with Crippen molar-refractivity contribution in [1.29, 1.82) is 0 Å². The zero-order chi connectivity index (χ0) is 10.6. The quantitative estimate of drug-likeness (QED) is 0.730. The van der Waals surface area contributed by atoms with Gasteiger partial charge in [-0.3, -0.25) is 0 Å². The van der Waals surface area contributed by atoms with Gasteiger partial charge in [0.15, 0.2) is 0 Å². The Morgan fingerprint density at radius 1 is 1.50 bits per heavy atom. The predicted molar refractivity (Wildman–Crippen MR) is 57.7 cm³/mol. The van der Waals surface area contributed by atoms with Gasteiger partial charge in [0.05, 0.1) is 5.75 Å². The number of rotatable bonds is 5. The standard InChI is InChI=1S/C9H20N2O2S/c1-3-9-5-4-7-11(9)14(12,13)8-6-10-2/h9-10H,3-8H2,1-2H3. The molecule has 1 saturated heterocycles. The highest BCUT2D eigenvalue weighted by Crippen LogP contribution is 2.23. The van der Waals surface area contributed by atoms with E-state index in [0.717, 1.165) is 19.3 Å². The lowest BCUT2D eigenvalue weighted by molar-refractivity contribution is 0.379. The van der Waals surface area contributed by atoms with E-state index in [1.165, 1.54) is 0 Å². The van der Waals surface area contributed by atoms with Crippen LogP contribution in [0.3, 0.4) is 0 Å². The second-order valence-electron chi connectivity index (χ2n) is 3.73. The molecule has 0 radical (unpaired) electrons. The van der Waals surface area contributed by atoms with E-state index < -0.39 is 10.0 Å². The predicted octanol–water partition coefficient (Wildman–Crippen LogP) is 0.410. The van der Waals surface area contributed by atoms with Crippen molar-refractivity contribution >= 4 is 10.0 Å². The van der Waals surface area contributed by atoms with E-state index in [2.05, 4.69) is 12.2 Å². The Hall–Kier alpha value is -0.130. The van der Waals surface area contributed by atoms with E-state index >= 15 is 0 Å². The van der Waals surface area contributed by atoms with Crippen molar-refractivity contribution in [3.63, 3.8) is 0 Å². The van der Waals surface area contributed by atoms with E-state index in [0.29, 0.717) is 13.1 Å². The number of sulfonamides is 1. The molecule has 0 amide bonds. The van der Waals surface area contributed by atoms with Crippen LogP contribution < -0.4 is 5.32 Å². The average molecular weight is 220 g/mol. The smallest absolute Gasteiger partial charge is 0.215 e. The molecule has 1 fully saturated rings. The lowest BCUT2D eigenvalue weighted by Gasteiger charge is -2.22. The topological polar surface area (TPSA) is 49.4 Å². The Morgan fingerprint density at radius 3 is 2.79 bits per heavy atom. The molecule has 1 atom stereocenters. The zero-order valence-corrected chi connectivity index (χ0v) is 9.81. The molecule has 1 aliphatic rings. The fourth-order valence-corrected chi connectivity index (χ4v) is 3.74. The molecular formula is C9H20N2O2S. The molecule has 1 unspecified atom stereocenters. The van der Waals surface area contributed by atoms with Crippen LogP contribution in [0.15, 0.2) is 0 Å². The Balaban J connectivity index is 2.61. The minimum absolute atomic E-state index is 0.222. The van der Waals surface area contributed by atoms with Crippen molar-refractivity contribution < 1.29 is 8.42 Å². The Bertz CT molecular complexity index is 264. The number of hydrogen-bond donors (Lipinski definition) is 1. The summed E-state index contributed by atoms with van der Waals surface area (Å²) in [5.41, 5.74) is 0. The Morgan fingerprint density at radius 2 is 2.21 bits per heavy atom. The van der Waals surface area contributed by atoms with Crippen molar-refractivity contribution in [3.05, 3.63) is 0 Å². The van der Waals surface area contributed by atoms with Crippen molar-refractivity contribution in [2.24, 2.45) is 0 Å². The molecule has 84 valence electrons. The highest BCUT2D eigenvalue weighted by atomic mass is 32.2. The molecule has 0 aromatic heterocycles. The van der Waals surface area contributed by atoms with Crippen LogP contribution in [-0.4, -0.2) is 44.7 Å². The molecule has 1 aliphatic heterocycles. The van der Waals surface area contributed by atoms with Gasteiger partial charge in [0.1, 0.15) is 0 Å². The highest BCUT2D eigenvalue weighted by Gasteiger charge is 2.32. The average Bonchev–Trinajstić information content (AvgIpc) is 2.63. The third kappa shape index (κ3) is 2.68. The van der Waals surface area contributed by atoms with Crippen LogP contribution in [0.2, 0.25) is 0 Å². The van der Waals surface area contributed by atoms with Gasteiger partial charge in [0.2, 0.25) is 10.0 Å². The van der Waals surface area contributed by atoms with Crippen LogP contribution >= 0.6 is 0 Å². The maximum absolute atomic E-state index is 11.8. The molecule has 0 bridgehead atoms. The summed E-state index contributed by atoms with van der Waals surface area (Å²) in [7, 11) is -1.24. The Labute approximate surface area is 86.7 Å². The van der Waals surface area contributed by atoms with Gasteiger partial charge in [0.25, 0.3) is 0 Å². The van der Waals surface area contributed by atoms with E-state index in [4.69, 9.17) is 0 Å². The van der Waals surface area contributed by atoms with Gasteiger partial charge in [0, 0.05) is 19.1 Å². The molecule has 1 rings (SSSR count). The second-order valence-corrected chi connectivity index (χ2v) is 5.78.